The Hall–Kier alpha value is -1.18. The number of esters is 1. The van der Waals surface area contributed by atoms with Crippen molar-refractivity contribution in [1.82, 2.24) is 19.5 Å². The van der Waals surface area contributed by atoms with Crippen LogP contribution in [0.15, 0.2) is 16.9 Å². The van der Waals surface area contributed by atoms with Crippen LogP contribution in [0.4, 0.5) is 0 Å². The molecule has 0 saturated carbocycles. The number of fused-ring (bicyclic) bond motifs is 2. The van der Waals surface area contributed by atoms with E-state index in [-0.39, 0.29) is 10.7 Å². The van der Waals surface area contributed by atoms with E-state index in [1.807, 2.05) is 0 Å². The minimum atomic E-state index is -0.473. The second kappa shape index (κ2) is 7.21. The molecule has 0 spiro atoms. The molecule has 0 unspecified atom stereocenters. The van der Waals surface area contributed by atoms with Crippen LogP contribution in [0.2, 0.25) is 5.02 Å². The zero-order valence-electron chi connectivity index (χ0n) is 13.8. The van der Waals surface area contributed by atoms with Gasteiger partial charge >= 0.3 is 5.97 Å². The molecule has 2 aliphatic heterocycles. The summed E-state index contributed by atoms with van der Waals surface area (Å²) in [5.41, 5.74) is 0.580. The molecule has 134 valence electrons. The lowest BCUT2D eigenvalue weighted by molar-refractivity contribution is 0.00701. The van der Waals surface area contributed by atoms with Crippen LogP contribution in [0, 0.1) is 5.92 Å². The number of aromatic nitrogens is 3. The maximum atomic E-state index is 12.5. The standard InChI is InChI=1S/C17H20BrClN4O2/c18-12-8-20-16-14(19)15(21-23(16)9-12)17(24)25-10-11-4-3-7-22-6-2-1-5-13(11)22/h8-9,11,13H,1-7,10H2/t11-,13+/m0/s1. The number of halogens is 2. The average Bonchev–Trinajstić information content (AvgIpc) is 2.95. The van der Waals surface area contributed by atoms with Crippen molar-refractivity contribution in [2.75, 3.05) is 19.7 Å². The molecule has 2 saturated heterocycles. The fourth-order valence-corrected chi connectivity index (χ4v) is 4.58. The fraction of sp³-hybridized carbons (Fsp3) is 0.588. The summed E-state index contributed by atoms with van der Waals surface area (Å²) in [6.07, 6.45) is 9.37. The van der Waals surface area contributed by atoms with Gasteiger partial charge in [0.2, 0.25) is 0 Å². The fourth-order valence-electron chi connectivity index (χ4n) is 4.04. The van der Waals surface area contributed by atoms with Crippen molar-refractivity contribution >= 4 is 39.1 Å². The largest absolute Gasteiger partial charge is 0.461 e. The summed E-state index contributed by atoms with van der Waals surface area (Å²) in [5.74, 6) is -0.0689. The van der Waals surface area contributed by atoms with Crippen LogP contribution in [0.1, 0.15) is 42.6 Å². The van der Waals surface area contributed by atoms with Crippen molar-refractivity contribution in [2.24, 2.45) is 5.92 Å². The first-order chi connectivity index (χ1) is 12.1. The Morgan fingerprint density at radius 2 is 2.16 bits per heavy atom. The van der Waals surface area contributed by atoms with E-state index in [1.165, 1.54) is 43.3 Å². The minimum absolute atomic E-state index is 0.128. The van der Waals surface area contributed by atoms with Crippen molar-refractivity contribution in [1.29, 1.82) is 0 Å². The molecule has 0 radical (unpaired) electrons. The number of carbonyl (C=O) groups excluding carboxylic acids is 1. The molecule has 0 amide bonds. The Bertz CT molecular complexity index is 794. The topological polar surface area (TPSA) is 59.7 Å². The van der Waals surface area contributed by atoms with Gasteiger partial charge in [0.25, 0.3) is 0 Å². The van der Waals surface area contributed by atoms with E-state index < -0.39 is 5.97 Å². The van der Waals surface area contributed by atoms with Gasteiger partial charge in [-0.1, -0.05) is 18.0 Å². The summed E-state index contributed by atoms with van der Waals surface area (Å²) in [4.78, 5) is 19.2. The molecule has 6 nitrogen and oxygen atoms in total. The Morgan fingerprint density at radius 3 is 3.04 bits per heavy atom. The van der Waals surface area contributed by atoms with Crippen molar-refractivity contribution in [3.8, 4) is 0 Å². The second-order valence-electron chi connectivity index (χ2n) is 6.80. The Kier molecular flexibility index (Phi) is 4.97. The highest BCUT2D eigenvalue weighted by molar-refractivity contribution is 9.10. The molecule has 2 atom stereocenters. The van der Waals surface area contributed by atoms with Crippen LogP contribution in [0.5, 0.6) is 0 Å². The molecule has 2 aliphatic rings. The van der Waals surface area contributed by atoms with Crippen LogP contribution in [0.25, 0.3) is 5.65 Å². The van der Waals surface area contributed by atoms with E-state index in [0.717, 1.165) is 10.9 Å². The summed E-state index contributed by atoms with van der Waals surface area (Å²) in [6.45, 7) is 2.78. The highest BCUT2D eigenvalue weighted by Crippen LogP contribution is 2.31. The van der Waals surface area contributed by atoms with Crippen molar-refractivity contribution in [3.63, 3.8) is 0 Å². The molecule has 0 aliphatic carbocycles. The number of nitrogens with zero attached hydrogens (tertiary/aromatic N) is 4. The van der Waals surface area contributed by atoms with E-state index in [4.69, 9.17) is 16.3 Å². The van der Waals surface area contributed by atoms with Crippen LogP contribution < -0.4 is 0 Å². The summed E-state index contributed by atoms with van der Waals surface area (Å²) in [6, 6.07) is 0.546. The third kappa shape index (κ3) is 3.41. The minimum Gasteiger partial charge on any atom is -0.461 e. The van der Waals surface area contributed by atoms with E-state index in [9.17, 15) is 4.79 Å². The van der Waals surface area contributed by atoms with E-state index >= 15 is 0 Å². The van der Waals surface area contributed by atoms with Crippen LogP contribution in [0.3, 0.4) is 0 Å². The molecule has 0 aromatic carbocycles. The van der Waals surface area contributed by atoms with Crippen molar-refractivity contribution in [3.05, 3.63) is 27.6 Å². The molecule has 2 aromatic heterocycles. The quantitative estimate of drug-likeness (QED) is 0.701. The monoisotopic (exact) mass is 426 g/mol. The van der Waals surface area contributed by atoms with Crippen LogP contribution in [-0.4, -0.2) is 51.2 Å². The Labute approximate surface area is 159 Å². The van der Waals surface area contributed by atoms with Gasteiger partial charge in [0.05, 0.1) is 11.1 Å². The van der Waals surface area contributed by atoms with Gasteiger partial charge in [-0.2, -0.15) is 5.10 Å². The predicted molar refractivity (Wildman–Crippen MR) is 97.9 cm³/mol. The van der Waals surface area contributed by atoms with Gasteiger partial charge in [-0.15, -0.1) is 0 Å². The second-order valence-corrected chi connectivity index (χ2v) is 8.10. The van der Waals surface area contributed by atoms with Crippen molar-refractivity contribution in [2.45, 2.75) is 38.1 Å². The lowest BCUT2D eigenvalue weighted by atomic mass is 9.84. The average molecular weight is 428 g/mol. The number of carbonyl (C=O) groups is 1. The Balaban J connectivity index is 1.46. The normalized spacial score (nSPS) is 24.2. The maximum absolute atomic E-state index is 12.5. The molecule has 8 heteroatoms. The Morgan fingerprint density at radius 1 is 1.32 bits per heavy atom. The summed E-state index contributed by atoms with van der Waals surface area (Å²) in [7, 11) is 0. The molecule has 0 bridgehead atoms. The molecule has 2 fully saturated rings. The van der Waals surface area contributed by atoms with Crippen LogP contribution in [-0.2, 0) is 4.74 Å². The number of piperidine rings is 2. The molecule has 0 N–H and O–H groups in total. The van der Waals surface area contributed by atoms with E-state index in [1.54, 1.807) is 12.4 Å². The SMILES string of the molecule is O=C(OC[C@@H]1CCCN2CCCC[C@H]12)c1nn2cc(Br)cnc2c1Cl. The molecule has 25 heavy (non-hydrogen) atoms. The highest BCUT2D eigenvalue weighted by atomic mass is 79.9. The van der Waals surface area contributed by atoms with Gasteiger partial charge in [0.1, 0.15) is 5.02 Å². The first-order valence-corrected chi connectivity index (χ1v) is 9.91. The van der Waals surface area contributed by atoms with Gasteiger partial charge in [0.15, 0.2) is 11.3 Å². The number of ether oxygens (including phenoxy) is 1. The first kappa shape index (κ1) is 17.2. The zero-order valence-corrected chi connectivity index (χ0v) is 16.2. The van der Waals surface area contributed by atoms with Gasteiger partial charge in [-0.3, -0.25) is 4.90 Å². The van der Waals surface area contributed by atoms with Crippen LogP contribution >= 0.6 is 27.5 Å². The number of rotatable bonds is 3. The lowest BCUT2D eigenvalue weighted by Crippen LogP contribution is -2.49. The van der Waals surface area contributed by atoms with Gasteiger partial charge < -0.3 is 4.74 Å². The molecular formula is C17H20BrClN4O2. The molecular weight excluding hydrogens is 408 g/mol. The number of hydrogen-bond acceptors (Lipinski definition) is 5. The summed E-state index contributed by atoms with van der Waals surface area (Å²) in [5, 5.41) is 4.46. The summed E-state index contributed by atoms with van der Waals surface area (Å²) >= 11 is 9.60. The first-order valence-electron chi connectivity index (χ1n) is 8.74. The molecule has 2 aromatic rings. The van der Waals surface area contributed by atoms with Gasteiger partial charge in [0, 0.05) is 24.4 Å². The predicted octanol–water partition coefficient (Wildman–Crippen LogP) is 3.57. The number of hydrogen-bond donors (Lipinski definition) is 0. The maximum Gasteiger partial charge on any atom is 0.360 e. The van der Waals surface area contributed by atoms with Gasteiger partial charge in [-0.05, 0) is 54.7 Å². The lowest BCUT2D eigenvalue weighted by Gasteiger charge is -2.44. The third-order valence-corrected chi connectivity index (χ3v) is 5.99. The van der Waals surface area contributed by atoms with E-state index in [2.05, 4.69) is 30.9 Å². The highest BCUT2D eigenvalue weighted by Gasteiger charge is 2.34. The van der Waals surface area contributed by atoms with Crippen molar-refractivity contribution < 1.29 is 9.53 Å². The molecule has 4 rings (SSSR count). The smallest absolute Gasteiger partial charge is 0.360 e. The third-order valence-electron chi connectivity index (χ3n) is 5.24. The zero-order chi connectivity index (χ0) is 17.4. The summed E-state index contributed by atoms with van der Waals surface area (Å²) < 4.78 is 7.85. The van der Waals surface area contributed by atoms with E-state index in [0.29, 0.717) is 24.2 Å². The van der Waals surface area contributed by atoms with Gasteiger partial charge in [-0.25, -0.2) is 14.3 Å². The molecule has 4 heterocycles.